The normalized spacial score (nSPS) is 15.8. The molecule has 1 aliphatic rings. The summed E-state index contributed by atoms with van der Waals surface area (Å²) in [6, 6.07) is 0. The lowest BCUT2D eigenvalue weighted by atomic mass is 10.3. The van der Waals surface area contributed by atoms with E-state index in [1.807, 2.05) is 6.92 Å². The van der Waals surface area contributed by atoms with E-state index in [1.165, 1.54) is 5.56 Å². The molecule has 4 nitrogen and oxygen atoms in total. The van der Waals surface area contributed by atoms with Crippen LogP contribution in [0.2, 0.25) is 0 Å². The van der Waals surface area contributed by atoms with Crippen molar-refractivity contribution in [1.29, 1.82) is 0 Å². The van der Waals surface area contributed by atoms with Crippen LogP contribution in [-0.4, -0.2) is 26.3 Å². The van der Waals surface area contributed by atoms with E-state index in [1.54, 1.807) is 18.1 Å². The SMILES string of the molecule is CC(CC(=O)O)Sc1ncnc2c1CCC2. The number of thioether (sulfide) groups is 1. The summed E-state index contributed by atoms with van der Waals surface area (Å²) in [5, 5.41) is 9.73. The van der Waals surface area contributed by atoms with Crippen molar-refractivity contribution in [2.45, 2.75) is 42.9 Å². The van der Waals surface area contributed by atoms with Crippen molar-refractivity contribution >= 4 is 17.7 Å². The fourth-order valence-corrected chi connectivity index (χ4v) is 2.99. The van der Waals surface area contributed by atoms with E-state index in [2.05, 4.69) is 9.97 Å². The average molecular weight is 238 g/mol. The minimum absolute atomic E-state index is 0.0529. The molecule has 1 N–H and O–H groups in total. The minimum Gasteiger partial charge on any atom is -0.481 e. The number of carboxylic acids is 1. The van der Waals surface area contributed by atoms with E-state index in [9.17, 15) is 4.79 Å². The number of rotatable bonds is 4. The predicted molar refractivity (Wildman–Crippen MR) is 61.6 cm³/mol. The van der Waals surface area contributed by atoms with Crippen LogP contribution >= 0.6 is 11.8 Å². The van der Waals surface area contributed by atoms with E-state index in [4.69, 9.17) is 5.11 Å². The summed E-state index contributed by atoms with van der Waals surface area (Å²) in [5.41, 5.74) is 2.37. The molecule has 0 saturated carbocycles. The van der Waals surface area contributed by atoms with Gasteiger partial charge in [0.25, 0.3) is 0 Å². The van der Waals surface area contributed by atoms with E-state index in [-0.39, 0.29) is 11.7 Å². The van der Waals surface area contributed by atoms with Crippen LogP contribution in [0.1, 0.15) is 31.0 Å². The lowest BCUT2D eigenvalue weighted by Gasteiger charge is -2.10. The van der Waals surface area contributed by atoms with E-state index in [0.717, 1.165) is 30.0 Å². The summed E-state index contributed by atoms with van der Waals surface area (Å²) >= 11 is 1.55. The van der Waals surface area contributed by atoms with Crippen molar-refractivity contribution in [1.82, 2.24) is 9.97 Å². The molecule has 1 aromatic rings. The topological polar surface area (TPSA) is 63.1 Å². The Morgan fingerprint density at radius 3 is 3.12 bits per heavy atom. The maximum Gasteiger partial charge on any atom is 0.304 e. The molecule has 0 radical (unpaired) electrons. The molecular weight excluding hydrogens is 224 g/mol. The van der Waals surface area contributed by atoms with Gasteiger partial charge in [-0.05, 0) is 19.3 Å². The lowest BCUT2D eigenvalue weighted by Crippen LogP contribution is -2.07. The molecule has 0 bridgehead atoms. The first-order chi connectivity index (χ1) is 7.66. The van der Waals surface area contributed by atoms with Crippen LogP contribution in [0.25, 0.3) is 0 Å². The Balaban J connectivity index is 2.10. The van der Waals surface area contributed by atoms with Gasteiger partial charge in [0.2, 0.25) is 0 Å². The molecular formula is C11H14N2O2S. The maximum absolute atomic E-state index is 10.6. The lowest BCUT2D eigenvalue weighted by molar-refractivity contribution is -0.136. The number of nitrogens with zero attached hydrogens (tertiary/aromatic N) is 2. The molecule has 0 fully saturated rings. The number of hydrogen-bond donors (Lipinski definition) is 1. The Bertz CT molecular complexity index is 409. The van der Waals surface area contributed by atoms with Gasteiger partial charge < -0.3 is 5.11 Å². The molecule has 86 valence electrons. The van der Waals surface area contributed by atoms with Crippen LogP contribution in [0, 0.1) is 0 Å². The van der Waals surface area contributed by atoms with Gasteiger partial charge in [0.1, 0.15) is 11.4 Å². The van der Waals surface area contributed by atoms with Crippen LogP contribution in [0.3, 0.4) is 0 Å². The fourth-order valence-electron chi connectivity index (χ4n) is 1.91. The summed E-state index contributed by atoms with van der Waals surface area (Å²) < 4.78 is 0. The second-order valence-electron chi connectivity index (χ2n) is 3.98. The van der Waals surface area contributed by atoms with Gasteiger partial charge >= 0.3 is 5.97 Å². The summed E-state index contributed by atoms with van der Waals surface area (Å²) in [4.78, 5) is 19.1. The van der Waals surface area contributed by atoms with Gasteiger partial charge in [-0.3, -0.25) is 4.79 Å². The Kier molecular flexibility index (Phi) is 3.43. The first-order valence-corrected chi connectivity index (χ1v) is 6.26. The van der Waals surface area contributed by atoms with E-state index in [0.29, 0.717) is 0 Å². The molecule has 2 rings (SSSR count). The van der Waals surface area contributed by atoms with Crippen molar-refractivity contribution < 1.29 is 9.90 Å². The van der Waals surface area contributed by atoms with Crippen LogP contribution in [0.4, 0.5) is 0 Å². The van der Waals surface area contributed by atoms with E-state index < -0.39 is 5.97 Å². The van der Waals surface area contributed by atoms with Crippen LogP contribution < -0.4 is 0 Å². The van der Waals surface area contributed by atoms with Gasteiger partial charge in [-0.2, -0.15) is 0 Å². The van der Waals surface area contributed by atoms with Gasteiger partial charge in [-0.25, -0.2) is 9.97 Å². The van der Waals surface area contributed by atoms with Gasteiger partial charge in [0.05, 0.1) is 6.42 Å². The molecule has 5 heteroatoms. The number of fused-ring (bicyclic) bond motifs is 1. The molecule has 1 atom stereocenters. The Labute approximate surface area is 98.5 Å². The second-order valence-corrected chi connectivity index (χ2v) is 5.41. The van der Waals surface area contributed by atoms with Crippen molar-refractivity contribution in [3.8, 4) is 0 Å². The van der Waals surface area contributed by atoms with Crippen LogP contribution in [-0.2, 0) is 17.6 Å². The molecule has 0 aromatic carbocycles. The summed E-state index contributed by atoms with van der Waals surface area (Å²) in [6.07, 6.45) is 4.94. The summed E-state index contributed by atoms with van der Waals surface area (Å²) in [6.45, 7) is 1.92. The largest absolute Gasteiger partial charge is 0.481 e. The van der Waals surface area contributed by atoms with Gasteiger partial charge in [0, 0.05) is 16.5 Å². The standard InChI is InChI=1S/C11H14N2O2S/c1-7(5-10(14)15)16-11-8-3-2-4-9(8)12-6-13-11/h6-7H,2-5H2,1H3,(H,14,15). The van der Waals surface area contributed by atoms with Gasteiger partial charge in [-0.1, -0.05) is 6.92 Å². The monoisotopic (exact) mass is 238 g/mol. The molecule has 16 heavy (non-hydrogen) atoms. The fraction of sp³-hybridized carbons (Fsp3) is 0.545. The summed E-state index contributed by atoms with van der Waals surface area (Å²) in [7, 11) is 0. The summed E-state index contributed by atoms with van der Waals surface area (Å²) in [5.74, 6) is -0.759. The van der Waals surface area contributed by atoms with Crippen LogP contribution in [0.5, 0.6) is 0 Å². The third-order valence-electron chi connectivity index (χ3n) is 2.61. The highest BCUT2D eigenvalue weighted by Crippen LogP contribution is 2.31. The highest BCUT2D eigenvalue weighted by atomic mass is 32.2. The molecule has 0 saturated heterocycles. The molecule has 0 aliphatic heterocycles. The van der Waals surface area contributed by atoms with Gasteiger partial charge in [-0.15, -0.1) is 11.8 Å². The number of hydrogen-bond acceptors (Lipinski definition) is 4. The Hall–Kier alpha value is -1.10. The van der Waals surface area contributed by atoms with Crippen molar-refractivity contribution in [2.75, 3.05) is 0 Å². The minimum atomic E-state index is -0.759. The van der Waals surface area contributed by atoms with Gasteiger partial charge in [0.15, 0.2) is 0 Å². The average Bonchev–Trinajstić information content (AvgIpc) is 2.65. The van der Waals surface area contributed by atoms with Crippen molar-refractivity contribution in [2.24, 2.45) is 0 Å². The molecule has 1 aliphatic carbocycles. The quantitative estimate of drug-likeness (QED) is 0.641. The Morgan fingerprint density at radius 1 is 1.56 bits per heavy atom. The number of aryl methyl sites for hydroxylation is 1. The van der Waals surface area contributed by atoms with Crippen molar-refractivity contribution in [3.05, 3.63) is 17.6 Å². The number of carbonyl (C=O) groups is 1. The maximum atomic E-state index is 10.6. The zero-order valence-electron chi connectivity index (χ0n) is 9.14. The highest BCUT2D eigenvalue weighted by Gasteiger charge is 2.19. The highest BCUT2D eigenvalue weighted by molar-refractivity contribution is 7.99. The molecule has 1 unspecified atom stereocenters. The van der Waals surface area contributed by atoms with E-state index >= 15 is 0 Å². The predicted octanol–water partition coefficient (Wildman–Crippen LogP) is 1.92. The zero-order chi connectivity index (χ0) is 11.5. The molecule has 0 amide bonds. The molecule has 0 spiro atoms. The third kappa shape index (κ3) is 2.52. The van der Waals surface area contributed by atoms with Crippen molar-refractivity contribution in [3.63, 3.8) is 0 Å². The first kappa shape index (κ1) is 11.4. The number of carboxylic acid groups (broad SMARTS) is 1. The smallest absolute Gasteiger partial charge is 0.304 e. The van der Waals surface area contributed by atoms with Crippen LogP contribution in [0.15, 0.2) is 11.4 Å². The molecule has 1 aromatic heterocycles. The second kappa shape index (κ2) is 4.82. The first-order valence-electron chi connectivity index (χ1n) is 5.38. The number of aromatic nitrogens is 2. The third-order valence-corrected chi connectivity index (χ3v) is 3.75. The zero-order valence-corrected chi connectivity index (χ0v) is 9.96. The Morgan fingerprint density at radius 2 is 2.38 bits per heavy atom. The number of aliphatic carboxylic acids is 1. The molecule has 1 heterocycles.